The van der Waals surface area contributed by atoms with Gasteiger partial charge in [-0.15, -0.1) is 0 Å². The molecule has 1 aliphatic carbocycles. The number of nitriles is 1. The van der Waals surface area contributed by atoms with Crippen molar-refractivity contribution < 1.29 is 22.7 Å². The molecule has 1 aromatic carbocycles. The molecule has 1 aliphatic rings. The van der Waals surface area contributed by atoms with Crippen molar-refractivity contribution in [1.29, 1.82) is 5.26 Å². The van der Waals surface area contributed by atoms with Gasteiger partial charge in [0.15, 0.2) is 6.61 Å². The molecule has 0 aliphatic heterocycles. The average molecular weight is 390 g/mol. The molecule has 146 valence electrons. The number of nitrogens with one attached hydrogen (secondary N) is 1. The van der Waals surface area contributed by atoms with Crippen LogP contribution in [0.25, 0.3) is 0 Å². The second-order valence-electron chi connectivity index (χ2n) is 6.42. The standard InChI is InChI=1S/C19H17F3N4O2/c1-26(14-6-2-12(10-23)3-7-14)25-18(27)15-8-9-16(28-11-19(20,21)22)24-17(15)13-4-5-13/h2-3,6-9,13H,4-5,11H2,1H3,(H,25,27). The third kappa shape index (κ3) is 4.91. The minimum atomic E-state index is -4.46. The van der Waals surface area contributed by atoms with Crippen LogP contribution in [-0.4, -0.2) is 30.7 Å². The number of ether oxygens (including phenoxy) is 1. The van der Waals surface area contributed by atoms with E-state index in [0.717, 1.165) is 12.8 Å². The normalized spacial score (nSPS) is 13.5. The molecule has 3 rings (SSSR count). The van der Waals surface area contributed by atoms with Crippen molar-refractivity contribution in [2.24, 2.45) is 0 Å². The molecule has 0 spiro atoms. The second kappa shape index (κ2) is 7.76. The van der Waals surface area contributed by atoms with E-state index in [4.69, 9.17) is 10.00 Å². The Hall–Kier alpha value is -3.28. The fourth-order valence-electron chi connectivity index (χ4n) is 2.59. The Balaban J connectivity index is 1.74. The molecule has 1 N–H and O–H groups in total. The van der Waals surface area contributed by atoms with Crippen LogP contribution >= 0.6 is 0 Å². The summed E-state index contributed by atoms with van der Waals surface area (Å²) < 4.78 is 41.7. The highest BCUT2D eigenvalue weighted by Crippen LogP contribution is 2.41. The first kappa shape index (κ1) is 19.5. The van der Waals surface area contributed by atoms with E-state index in [1.54, 1.807) is 31.3 Å². The van der Waals surface area contributed by atoms with Crippen molar-refractivity contribution in [2.45, 2.75) is 24.9 Å². The van der Waals surface area contributed by atoms with Crippen LogP contribution in [0.3, 0.4) is 0 Å². The molecule has 1 saturated carbocycles. The van der Waals surface area contributed by atoms with E-state index < -0.39 is 18.7 Å². The molecule has 1 fully saturated rings. The smallest absolute Gasteiger partial charge is 0.422 e. The van der Waals surface area contributed by atoms with Gasteiger partial charge in [-0.3, -0.25) is 15.2 Å². The summed E-state index contributed by atoms with van der Waals surface area (Å²) in [6.07, 6.45) is -2.82. The summed E-state index contributed by atoms with van der Waals surface area (Å²) in [6, 6.07) is 11.3. The Morgan fingerprint density at radius 2 is 1.96 bits per heavy atom. The van der Waals surface area contributed by atoms with E-state index in [2.05, 4.69) is 10.4 Å². The summed E-state index contributed by atoms with van der Waals surface area (Å²) in [5.41, 5.74) is 4.59. The van der Waals surface area contributed by atoms with E-state index in [1.165, 1.54) is 17.1 Å². The van der Waals surface area contributed by atoms with Crippen LogP contribution in [0, 0.1) is 11.3 Å². The zero-order valence-electron chi connectivity index (χ0n) is 15.0. The predicted molar refractivity (Wildman–Crippen MR) is 94.8 cm³/mol. The molecule has 28 heavy (non-hydrogen) atoms. The number of nitrogens with zero attached hydrogens (tertiary/aromatic N) is 3. The van der Waals surface area contributed by atoms with Gasteiger partial charge in [-0.2, -0.15) is 18.4 Å². The molecule has 9 heteroatoms. The number of halogens is 3. The Morgan fingerprint density at radius 3 is 2.54 bits per heavy atom. The molecule has 0 bridgehead atoms. The van der Waals surface area contributed by atoms with Crippen molar-refractivity contribution in [3.63, 3.8) is 0 Å². The number of alkyl halides is 3. The van der Waals surface area contributed by atoms with Crippen molar-refractivity contribution in [3.8, 4) is 11.9 Å². The van der Waals surface area contributed by atoms with Crippen LogP contribution in [0.4, 0.5) is 18.9 Å². The van der Waals surface area contributed by atoms with Crippen molar-refractivity contribution in [2.75, 3.05) is 18.7 Å². The van der Waals surface area contributed by atoms with E-state index in [0.29, 0.717) is 22.5 Å². The number of anilines is 1. The lowest BCUT2D eigenvalue weighted by atomic mass is 10.1. The molecular weight excluding hydrogens is 373 g/mol. The molecule has 1 amide bonds. The number of aromatic nitrogens is 1. The first-order chi connectivity index (χ1) is 13.3. The quantitative estimate of drug-likeness (QED) is 0.764. The van der Waals surface area contributed by atoms with E-state index in [1.807, 2.05) is 6.07 Å². The largest absolute Gasteiger partial charge is 0.468 e. The first-order valence-corrected chi connectivity index (χ1v) is 8.52. The van der Waals surface area contributed by atoms with Crippen LogP contribution in [0.2, 0.25) is 0 Å². The molecule has 0 saturated heterocycles. The molecule has 0 atom stereocenters. The Labute approximate surface area is 159 Å². The monoisotopic (exact) mass is 390 g/mol. The maximum atomic E-state index is 12.7. The first-order valence-electron chi connectivity index (χ1n) is 8.52. The highest BCUT2D eigenvalue weighted by molar-refractivity contribution is 5.96. The predicted octanol–water partition coefficient (Wildman–Crippen LogP) is 3.55. The summed E-state index contributed by atoms with van der Waals surface area (Å²) in [5, 5.41) is 10.3. The SMILES string of the molecule is CN(NC(=O)c1ccc(OCC(F)(F)F)nc1C1CC1)c1ccc(C#N)cc1. The molecule has 6 nitrogen and oxygen atoms in total. The van der Waals surface area contributed by atoms with E-state index in [9.17, 15) is 18.0 Å². The van der Waals surface area contributed by atoms with Crippen molar-refractivity contribution >= 4 is 11.6 Å². The van der Waals surface area contributed by atoms with Gasteiger partial charge in [-0.05, 0) is 43.2 Å². The second-order valence-corrected chi connectivity index (χ2v) is 6.42. The van der Waals surface area contributed by atoms with Gasteiger partial charge in [-0.25, -0.2) is 4.98 Å². The Kier molecular flexibility index (Phi) is 5.40. The van der Waals surface area contributed by atoms with Gasteiger partial charge < -0.3 is 4.74 Å². The number of amides is 1. The van der Waals surface area contributed by atoms with Crippen LogP contribution in [0.1, 0.15) is 40.4 Å². The third-order valence-corrected chi connectivity index (χ3v) is 4.14. The number of carbonyl (C=O) groups is 1. The molecule has 2 aromatic rings. The van der Waals surface area contributed by atoms with Crippen molar-refractivity contribution in [3.05, 3.63) is 53.2 Å². The average Bonchev–Trinajstić information content (AvgIpc) is 3.50. The van der Waals surface area contributed by atoms with Gasteiger partial charge in [0, 0.05) is 19.0 Å². The lowest BCUT2D eigenvalue weighted by Gasteiger charge is -2.21. The summed E-state index contributed by atoms with van der Waals surface area (Å²) >= 11 is 0. The van der Waals surface area contributed by atoms with Crippen LogP contribution in [0.5, 0.6) is 5.88 Å². The van der Waals surface area contributed by atoms with Crippen LogP contribution in [-0.2, 0) is 0 Å². The summed E-state index contributed by atoms with van der Waals surface area (Å²) in [6.45, 7) is -1.43. The number of rotatable bonds is 6. The number of hydrogen-bond donors (Lipinski definition) is 1. The molecule has 1 aromatic heterocycles. The number of hydrazine groups is 1. The lowest BCUT2D eigenvalue weighted by Crippen LogP contribution is -2.39. The highest BCUT2D eigenvalue weighted by Gasteiger charge is 2.32. The third-order valence-electron chi connectivity index (χ3n) is 4.14. The topological polar surface area (TPSA) is 78.2 Å². The minimum Gasteiger partial charge on any atom is -0.468 e. The van der Waals surface area contributed by atoms with Crippen LogP contribution in [0.15, 0.2) is 36.4 Å². The van der Waals surface area contributed by atoms with E-state index in [-0.39, 0.29) is 11.8 Å². The van der Waals surface area contributed by atoms with Crippen molar-refractivity contribution in [1.82, 2.24) is 10.4 Å². The number of pyridine rings is 1. The number of benzene rings is 1. The van der Waals surface area contributed by atoms with Crippen LogP contribution < -0.4 is 15.2 Å². The fraction of sp³-hybridized carbons (Fsp3) is 0.316. The highest BCUT2D eigenvalue weighted by atomic mass is 19.4. The van der Waals surface area contributed by atoms with E-state index >= 15 is 0 Å². The molecule has 0 radical (unpaired) electrons. The van der Waals surface area contributed by atoms with Gasteiger partial charge in [0.05, 0.1) is 28.6 Å². The summed E-state index contributed by atoms with van der Waals surface area (Å²) in [4.78, 5) is 16.8. The zero-order valence-corrected chi connectivity index (χ0v) is 15.0. The maximum absolute atomic E-state index is 12.7. The van der Waals surface area contributed by atoms with Gasteiger partial charge in [0.1, 0.15) is 0 Å². The number of hydrogen-bond acceptors (Lipinski definition) is 5. The van der Waals surface area contributed by atoms with Gasteiger partial charge >= 0.3 is 6.18 Å². The molecular formula is C19H17F3N4O2. The fourth-order valence-corrected chi connectivity index (χ4v) is 2.59. The summed E-state index contributed by atoms with van der Waals surface area (Å²) in [5.74, 6) is -0.546. The van der Waals surface area contributed by atoms with Gasteiger partial charge in [0.25, 0.3) is 5.91 Å². The molecule has 1 heterocycles. The lowest BCUT2D eigenvalue weighted by molar-refractivity contribution is -0.154. The van der Waals surface area contributed by atoms with Gasteiger partial charge in [-0.1, -0.05) is 0 Å². The summed E-state index contributed by atoms with van der Waals surface area (Å²) in [7, 11) is 1.64. The maximum Gasteiger partial charge on any atom is 0.422 e. The minimum absolute atomic E-state index is 0.0374. The Bertz CT molecular complexity index is 903. The number of carbonyl (C=O) groups excluding carboxylic acids is 1. The zero-order chi connectivity index (χ0) is 20.3. The molecule has 0 unspecified atom stereocenters. The Morgan fingerprint density at radius 1 is 1.29 bits per heavy atom. The van der Waals surface area contributed by atoms with Gasteiger partial charge in [0.2, 0.25) is 5.88 Å².